The lowest BCUT2D eigenvalue weighted by molar-refractivity contribution is -0.122. The van der Waals surface area contributed by atoms with Crippen LogP contribution in [0, 0.1) is 23.7 Å². The topological polar surface area (TPSA) is 34.1 Å². The standard InChI is InChI=1S/C19H24O2/c20-16-5-1-3-12(8-16)18-10-15-7-14(18)11-19(15)13-4-2-6-17(21)9-13/h10-15H,1-9H2/t12-,13-,14+,15+/m0/s1. The summed E-state index contributed by atoms with van der Waals surface area (Å²) in [6.45, 7) is 0. The molecule has 112 valence electrons. The second-order valence-electron chi connectivity index (χ2n) is 7.45. The monoisotopic (exact) mass is 284 g/mol. The molecule has 0 aromatic carbocycles. The summed E-state index contributed by atoms with van der Waals surface area (Å²) in [4.78, 5) is 23.4. The Hall–Kier alpha value is -1.18. The molecular formula is C19H24O2. The molecule has 0 saturated heterocycles. The van der Waals surface area contributed by atoms with Crippen LogP contribution in [0.4, 0.5) is 0 Å². The van der Waals surface area contributed by atoms with Crippen molar-refractivity contribution in [2.24, 2.45) is 23.7 Å². The Morgan fingerprint density at radius 1 is 0.762 bits per heavy atom. The molecule has 2 heteroatoms. The van der Waals surface area contributed by atoms with E-state index in [9.17, 15) is 9.59 Å². The van der Waals surface area contributed by atoms with Crippen LogP contribution < -0.4 is 0 Å². The Morgan fingerprint density at radius 3 is 1.62 bits per heavy atom. The molecule has 0 aliphatic heterocycles. The van der Waals surface area contributed by atoms with Crippen molar-refractivity contribution in [3.05, 3.63) is 23.3 Å². The Balaban J connectivity index is 1.47. The minimum absolute atomic E-state index is 0.456. The number of carbonyl (C=O) groups excluding carboxylic acids is 2. The normalized spacial score (nSPS) is 39.4. The predicted octanol–water partition coefficient (Wildman–Crippen LogP) is 4.01. The van der Waals surface area contributed by atoms with Gasteiger partial charge in [-0.1, -0.05) is 23.3 Å². The molecule has 2 saturated carbocycles. The first-order valence-corrected chi connectivity index (χ1v) is 8.67. The minimum Gasteiger partial charge on any atom is -0.300 e. The zero-order valence-corrected chi connectivity index (χ0v) is 12.6. The van der Waals surface area contributed by atoms with E-state index in [1.807, 2.05) is 0 Å². The summed E-state index contributed by atoms with van der Waals surface area (Å²) in [5, 5.41) is 0. The highest BCUT2D eigenvalue weighted by Crippen LogP contribution is 2.51. The summed E-state index contributed by atoms with van der Waals surface area (Å²) < 4.78 is 0. The van der Waals surface area contributed by atoms with Gasteiger partial charge in [0.2, 0.25) is 0 Å². The fraction of sp³-hybridized carbons (Fsp3) is 0.684. The number of ketones is 2. The maximum atomic E-state index is 11.7. The molecule has 0 spiro atoms. The third kappa shape index (κ3) is 2.43. The number of carbonyl (C=O) groups is 2. The average Bonchev–Trinajstić information content (AvgIpc) is 3.07. The van der Waals surface area contributed by atoms with Crippen LogP contribution in [-0.2, 0) is 9.59 Å². The van der Waals surface area contributed by atoms with Gasteiger partial charge in [0, 0.05) is 25.7 Å². The highest BCUT2D eigenvalue weighted by Gasteiger charge is 2.40. The highest BCUT2D eigenvalue weighted by atomic mass is 16.1. The van der Waals surface area contributed by atoms with Gasteiger partial charge in [0.25, 0.3) is 0 Å². The van der Waals surface area contributed by atoms with Crippen LogP contribution >= 0.6 is 0 Å². The molecule has 4 aliphatic rings. The van der Waals surface area contributed by atoms with E-state index in [1.165, 1.54) is 19.3 Å². The first kappa shape index (κ1) is 13.5. The number of allylic oxidation sites excluding steroid dienone is 4. The van der Waals surface area contributed by atoms with Crippen molar-refractivity contribution in [1.82, 2.24) is 0 Å². The van der Waals surface area contributed by atoms with Gasteiger partial charge in [-0.25, -0.2) is 0 Å². The van der Waals surface area contributed by atoms with E-state index in [0.717, 1.165) is 38.5 Å². The molecule has 0 heterocycles. The third-order valence-electron chi connectivity index (χ3n) is 6.06. The fourth-order valence-electron chi connectivity index (χ4n) is 5.08. The zero-order valence-electron chi connectivity index (χ0n) is 12.6. The van der Waals surface area contributed by atoms with Gasteiger partial charge in [-0.15, -0.1) is 0 Å². The quantitative estimate of drug-likeness (QED) is 0.718. The number of rotatable bonds is 2. The summed E-state index contributed by atoms with van der Waals surface area (Å²) in [6, 6.07) is 0. The van der Waals surface area contributed by atoms with Crippen molar-refractivity contribution in [1.29, 1.82) is 0 Å². The molecule has 0 unspecified atom stereocenters. The van der Waals surface area contributed by atoms with Crippen LogP contribution in [0.15, 0.2) is 23.3 Å². The Morgan fingerprint density at radius 2 is 1.24 bits per heavy atom. The van der Waals surface area contributed by atoms with Crippen molar-refractivity contribution in [2.45, 2.75) is 57.8 Å². The molecule has 4 rings (SSSR count). The van der Waals surface area contributed by atoms with Gasteiger partial charge in [-0.3, -0.25) is 9.59 Å². The lowest BCUT2D eigenvalue weighted by atomic mass is 9.76. The molecule has 2 bridgehead atoms. The smallest absolute Gasteiger partial charge is 0.133 e. The second kappa shape index (κ2) is 5.23. The SMILES string of the molecule is O=C1CCC[C@H](C2=C[C@H]3C[C@@H]2C=C3[C@H]2CCCC(=O)C2)C1. The van der Waals surface area contributed by atoms with Crippen LogP contribution in [0.1, 0.15) is 57.8 Å². The van der Waals surface area contributed by atoms with Crippen molar-refractivity contribution in [2.75, 3.05) is 0 Å². The summed E-state index contributed by atoms with van der Waals surface area (Å²) in [5.74, 6) is 3.11. The largest absolute Gasteiger partial charge is 0.300 e. The lowest BCUT2D eigenvalue weighted by Gasteiger charge is -2.28. The highest BCUT2D eigenvalue weighted by molar-refractivity contribution is 5.80. The Kier molecular flexibility index (Phi) is 3.35. The van der Waals surface area contributed by atoms with Crippen molar-refractivity contribution < 1.29 is 9.59 Å². The van der Waals surface area contributed by atoms with Gasteiger partial charge in [0.1, 0.15) is 11.6 Å². The molecule has 0 aromatic heterocycles. The zero-order chi connectivity index (χ0) is 14.4. The van der Waals surface area contributed by atoms with Crippen LogP contribution in [0.5, 0.6) is 0 Å². The summed E-state index contributed by atoms with van der Waals surface area (Å²) in [7, 11) is 0. The van der Waals surface area contributed by atoms with E-state index in [0.29, 0.717) is 35.2 Å². The number of hydrogen-bond acceptors (Lipinski definition) is 2. The van der Waals surface area contributed by atoms with E-state index < -0.39 is 0 Å². The molecular weight excluding hydrogens is 260 g/mol. The summed E-state index contributed by atoms with van der Waals surface area (Å²) in [5.41, 5.74) is 3.11. The van der Waals surface area contributed by atoms with Crippen LogP contribution in [0.25, 0.3) is 0 Å². The van der Waals surface area contributed by atoms with Gasteiger partial charge in [0.05, 0.1) is 0 Å². The summed E-state index contributed by atoms with van der Waals surface area (Å²) in [6.07, 6.45) is 13.9. The molecule has 0 amide bonds. The van der Waals surface area contributed by atoms with E-state index in [-0.39, 0.29) is 0 Å². The number of fused-ring (bicyclic) bond motifs is 2. The van der Waals surface area contributed by atoms with Gasteiger partial charge in [0.15, 0.2) is 0 Å². The number of hydrogen-bond donors (Lipinski definition) is 0. The van der Waals surface area contributed by atoms with E-state index in [2.05, 4.69) is 12.2 Å². The maximum absolute atomic E-state index is 11.7. The molecule has 2 nitrogen and oxygen atoms in total. The molecule has 4 atom stereocenters. The van der Waals surface area contributed by atoms with Crippen LogP contribution in [0.2, 0.25) is 0 Å². The molecule has 0 N–H and O–H groups in total. The van der Waals surface area contributed by atoms with Crippen molar-refractivity contribution in [3.8, 4) is 0 Å². The molecule has 0 radical (unpaired) electrons. The van der Waals surface area contributed by atoms with Crippen molar-refractivity contribution in [3.63, 3.8) is 0 Å². The van der Waals surface area contributed by atoms with Crippen LogP contribution in [-0.4, -0.2) is 11.6 Å². The van der Waals surface area contributed by atoms with Gasteiger partial charge >= 0.3 is 0 Å². The number of Topliss-reactive ketones (excluding diaryl/α,β-unsaturated/α-hetero) is 2. The first-order valence-electron chi connectivity index (χ1n) is 8.67. The van der Waals surface area contributed by atoms with Crippen molar-refractivity contribution >= 4 is 11.6 Å². The lowest BCUT2D eigenvalue weighted by Crippen LogP contribution is -2.21. The first-order chi connectivity index (χ1) is 10.2. The maximum Gasteiger partial charge on any atom is 0.133 e. The van der Waals surface area contributed by atoms with Crippen LogP contribution in [0.3, 0.4) is 0 Å². The minimum atomic E-state index is 0.456. The molecule has 21 heavy (non-hydrogen) atoms. The average molecular weight is 284 g/mol. The fourth-order valence-corrected chi connectivity index (χ4v) is 5.08. The Bertz CT molecular complexity index is 492. The predicted molar refractivity (Wildman–Crippen MR) is 81.7 cm³/mol. The molecule has 0 aromatic rings. The van der Waals surface area contributed by atoms with E-state index in [1.54, 1.807) is 11.1 Å². The van der Waals surface area contributed by atoms with E-state index >= 15 is 0 Å². The Labute approximate surface area is 126 Å². The van der Waals surface area contributed by atoms with E-state index in [4.69, 9.17) is 0 Å². The second-order valence-corrected chi connectivity index (χ2v) is 7.45. The van der Waals surface area contributed by atoms with Gasteiger partial charge in [-0.05, 0) is 55.8 Å². The molecule has 2 fully saturated rings. The molecule has 4 aliphatic carbocycles. The van der Waals surface area contributed by atoms with Gasteiger partial charge < -0.3 is 0 Å². The summed E-state index contributed by atoms with van der Waals surface area (Å²) >= 11 is 0. The van der Waals surface area contributed by atoms with Gasteiger partial charge in [-0.2, -0.15) is 0 Å². The third-order valence-corrected chi connectivity index (χ3v) is 6.06.